The largest absolute Gasteiger partial charge is 0.331 e. The smallest absolute Gasteiger partial charge is 0.230 e. The minimum absolute atomic E-state index is 0.0131. The average molecular weight is 369 g/mol. The first kappa shape index (κ1) is 18.6. The Morgan fingerprint density at radius 1 is 1.27 bits per heavy atom. The number of hydrogen-bond donors (Lipinski definition) is 2. The summed E-state index contributed by atoms with van der Waals surface area (Å²) in [6, 6.07) is 12.7. The summed E-state index contributed by atoms with van der Waals surface area (Å²) in [4.78, 5) is 15.1. The summed E-state index contributed by atoms with van der Waals surface area (Å²) in [5, 5.41) is 13.3. The van der Waals surface area contributed by atoms with Gasteiger partial charge in [0.15, 0.2) is 0 Å². The summed E-state index contributed by atoms with van der Waals surface area (Å²) in [6.07, 6.45) is 4.80. The van der Waals surface area contributed by atoms with Gasteiger partial charge in [-0.05, 0) is 38.2 Å². The van der Waals surface area contributed by atoms with Crippen molar-refractivity contribution < 1.29 is 9.69 Å². The van der Waals surface area contributed by atoms with Crippen LogP contribution in [0.15, 0.2) is 30.3 Å². The van der Waals surface area contributed by atoms with Crippen molar-refractivity contribution in [3.63, 3.8) is 0 Å². The maximum Gasteiger partial charge on any atom is 0.230 e. The number of carbonyl (C=O) groups excluding carboxylic acids is 1. The van der Waals surface area contributed by atoms with Crippen LogP contribution in [0.2, 0.25) is 0 Å². The van der Waals surface area contributed by atoms with Crippen molar-refractivity contribution in [3.8, 4) is 6.07 Å². The maximum atomic E-state index is 12.4. The van der Waals surface area contributed by atoms with E-state index in [0.717, 1.165) is 43.9 Å². The summed E-state index contributed by atoms with van der Waals surface area (Å²) in [7, 11) is 0. The standard InChI is InChI=1S/C21H25N3OS/c1-2-24(15-16-8-4-3-5-9-16)13-12-20(25)23-21-18(14-22)17-10-6-7-11-19(17)26-21/h3-5,8-9H,2,6-7,10-13,15H2,1H3,(H,23,25)/p+1. The summed E-state index contributed by atoms with van der Waals surface area (Å²) in [6.45, 7) is 4.86. The van der Waals surface area contributed by atoms with E-state index in [9.17, 15) is 10.1 Å². The van der Waals surface area contributed by atoms with Crippen molar-refractivity contribution in [2.45, 2.75) is 45.6 Å². The minimum atomic E-state index is 0.0131. The Bertz CT molecular complexity index is 792. The fourth-order valence-corrected chi connectivity index (χ4v) is 4.78. The topological polar surface area (TPSA) is 57.3 Å². The number of amides is 1. The SMILES string of the molecule is CC[NH+](CCC(=O)Nc1sc2c(c1C#N)CCCC2)Cc1ccccc1. The normalized spacial score (nSPS) is 14.3. The number of nitriles is 1. The zero-order chi connectivity index (χ0) is 18.4. The number of fused-ring (bicyclic) bond motifs is 1. The van der Waals surface area contributed by atoms with E-state index >= 15 is 0 Å². The van der Waals surface area contributed by atoms with Crippen LogP contribution >= 0.6 is 11.3 Å². The molecule has 1 unspecified atom stereocenters. The van der Waals surface area contributed by atoms with Crippen molar-refractivity contribution in [3.05, 3.63) is 51.9 Å². The van der Waals surface area contributed by atoms with Crippen molar-refractivity contribution in [1.29, 1.82) is 5.26 Å². The van der Waals surface area contributed by atoms with Gasteiger partial charge in [-0.1, -0.05) is 30.3 Å². The molecule has 1 aliphatic carbocycles. The van der Waals surface area contributed by atoms with E-state index in [1.807, 2.05) is 6.07 Å². The van der Waals surface area contributed by atoms with E-state index in [4.69, 9.17) is 0 Å². The predicted octanol–water partition coefficient (Wildman–Crippen LogP) is 2.93. The van der Waals surface area contributed by atoms with Crippen LogP contribution in [-0.2, 0) is 24.2 Å². The monoisotopic (exact) mass is 368 g/mol. The fraction of sp³-hybridized carbons (Fsp3) is 0.429. The van der Waals surface area contributed by atoms with Gasteiger partial charge in [0.05, 0.1) is 25.1 Å². The van der Waals surface area contributed by atoms with E-state index < -0.39 is 0 Å². The van der Waals surface area contributed by atoms with Gasteiger partial charge in [-0.2, -0.15) is 5.26 Å². The number of nitrogens with zero attached hydrogens (tertiary/aromatic N) is 1. The van der Waals surface area contributed by atoms with Gasteiger partial charge in [-0.3, -0.25) is 4.79 Å². The second kappa shape index (κ2) is 8.98. The maximum absolute atomic E-state index is 12.4. The highest BCUT2D eigenvalue weighted by Gasteiger charge is 2.22. The average Bonchev–Trinajstić information content (AvgIpc) is 3.02. The highest BCUT2D eigenvalue weighted by atomic mass is 32.1. The lowest BCUT2D eigenvalue weighted by atomic mass is 9.96. The molecule has 0 fully saturated rings. The van der Waals surface area contributed by atoms with Crippen LogP contribution < -0.4 is 10.2 Å². The molecule has 26 heavy (non-hydrogen) atoms. The molecule has 0 radical (unpaired) electrons. The van der Waals surface area contributed by atoms with Crippen LogP contribution in [0, 0.1) is 11.3 Å². The number of thiophene rings is 1. The van der Waals surface area contributed by atoms with E-state index in [-0.39, 0.29) is 5.91 Å². The Balaban J connectivity index is 1.57. The second-order valence-electron chi connectivity index (χ2n) is 6.84. The molecule has 1 aliphatic rings. The van der Waals surface area contributed by atoms with Crippen LogP contribution in [0.5, 0.6) is 0 Å². The number of quaternary nitrogens is 1. The number of benzene rings is 1. The first-order valence-electron chi connectivity index (χ1n) is 9.43. The number of aryl methyl sites for hydroxylation is 1. The Kier molecular flexibility index (Phi) is 6.43. The Hall–Kier alpha value is -2.16. The molecular formula is C21H26N3OS+. The highest BCUT2D eigenvalue weighted by molar-refractivity contribution is 7.16. The minimum Gasteiger partial charge on any atom is -0.331 e. The second-order valence-corrected chi connectivity index (χ2v) is 7.95. The zero-order valence-electron chi connectivity index (χ0n) is 15.3. The van der Waals surface area contributed by atoms with Gasteiger partial charge < -0.3 is 10.2 Å². The third-order valence-corrected chi connectivity index (χ3v) is 6.25. The van der Waals surface area contributed by atoms with E-state index in [0.29, 0.717) is 12.0 Å². The number of anilines is 1. The Labute approximate surface area is 159 Å². The number of rotatable bonds is 7. The van der Waals surface area contributed by atoms with E-state index in [2.05, 4.69) is 42.6 Å². The molecule has 4 nitrogen and oxygen atoms in total. The van der Waals surface area contributed by atoms with Crippen molar-refractivity contribution >= 4 is 22.2 Å². The summed E-state index contributed by atoms with van der Waals surface area (Å²) < 4.78 is 0. The number of nitrogens with one attached hydrogen (secondary N) is 2. The summed E-state index contributed by atoms with van der Waals surface area (Å²) in [5.41, 5.74) is 3.16. The van der Waals surface area contributed by atoms with Gasteiger partial charge in [0, 0.05) is 10.4 Å². The lowest BCUT2D eigenvalue weighted by molar-refractivity contribution is -0.911. The molecule has 2 aromatic rings. The Morgan fingerprint density at radius 2 is 2.04 bits per heavy atom. The van der Waals surface area contributed by atoms with Gasteiger partial charge >= 0.3 is 0 Å². The van der Waals surface area contributed by atoms with Gasteiger partial charge in [0.1, 0.15) is 17.6 Å². The van der Waals surface area contributed by atoms with Crippen molar-refractivity contribution in [2.24, 2.45) is 0 Å². The number of hydrogen-bond acceptors (Lipinski definition) is 3. The molecule has 0 bridgehead atoms. The van der Waals surface area contributed by atoms with E-state index in [1.165, 1.54) is 27.3 Å². The van der Waals surface area contributed by atoms with E-state index in [1.54, 1.807) is 11.3 Å². The molecule has 0 saturated carbocycles. The van der Waals surface area contributed by atoms with Crippen LogP contribution in [0.25, 0.3) is 0 Å². The first-order valence-corrected chi connectivity index (χ1v) is 10.2. The molecule has 0 saturated heterocycles. The van der Waals surface area contributed by atoms with Crippen molar-refractivity contribution in [1.82, 2.24) is 0 Å². The molecular weight excluding hydrogens is 342 g/mol. The molecule has 136 valence electrons. The quantitative estimate of drug-likeness (QED) is 0.789. The Morgan fingerprint density at radius 3 is 2.77 bits per heavy atom. The lowest BCUT2D eigenvalue weighted by Gasteiger charge is -2.17. The molecule has 5 heteroatoms. The number of carbonyl (C=O) groups is 1. The molecule has 0 aliphatic heterocycles. The third-order valence-electron chi connectivity index (χ3n) is 5.04. The predicted molar refractivity (Wildman–Crippen MR) is 105 cm³/mol. The first-order chi connectivity index (χ1) is 12.7. The highest BCUT2D eigenvalue weighted by Crippen LogP contribution is 2.37. The van der Waals surface area contributed by atoms with Gasteiger partial charge in [-0.15, -0.1) is 11.3 Å². The molecule has 3 rings (SSSR count). The lowest BCUT2D eigenvalue weighted by Crippen LogP contribution is -3.10. The molecule has 1 atom stereocenters. The zero-order valence-corrected chi connectivity index (χ0v) is 16.1. The van der Waals surface area contributed by atoms with Crippen LogP contribution in [0.1, 0.15) is 47.8 Å². The van der Waals surface area contributed by atoms with Crippen LogP contribution in [-0.4, -0.2) is 19.0 Å². The molecule has 1 aromatic heterocycles. The third kappa shape index (κ3) is 4.51. The van der Waals surface area contributed by atoms with Gasteiger partial charge in [0.2, 0.25) is 5.91 Å². The van der Waals surface area contributed by atoms with Crippen LogP contribution in [0.3, 0.4) is 0 Å². The summed E-state index contributed by atoms with van der Waals surface area (Å²) in [5.74, 6) is 0.0131. The molecule has 0 spiro atoms. The van der Waals surface area contributed by atoms with Crippen LogP contribution in [0.4, 0.5) is 5.00 Å². The van der Waals surface area contributed by atoms with Gasteiger partial charge in [0.25, 0.3) is 0 Å². The molecule has 1 aromatic carbocycles. The molecule has 1 amide bonds. The summed E-state index contributed by atoms with van der Waals surface area (Å²) >= 11 is 1.60. The van der Waals surface area contributed by atoms with Gasteiger partial charge in [-0.25, -0.2) is 0 Å². The fourth-order valence-electron chi connectivity index (χ4n) is 3.53. The van der Waals surface area contributed by atoms with Crippen molar-refractivity contribution in [2.75, 3.05) is 18.4 Å². The molecule has 1 heterocycles. The molecule has 2 N–H and O–H groups in total.